The minimum Gasteiger partial charge on any atom is -0.392 e. The molecule has 1 saturated heterocycles. The third kappa shape index (κ3) is 4.03. The van der Waals surface area contributed by atoms with Crippen LogP contribution in [-0.2, 0) is 11.3 Å². The summed E-state index contributed by atoms with van der Waals surface area (Å²) in [4.78, 5) is 25.4. The van der Waals surface area contributed by atoms with Crippen molar-refractivity contribution in [1.82, 2.24) is 4.90 Å². The molecule has 1 fully saturated rings. The van der Waals surface area contributed by atoms with Crippen LogP contribution in [0.4, 0.5) is 17.1 Å². The van der Waals surface area contributed by atoms with Crippen molar-refractivity contribution in [3.63, 3.8) is 0 Å². The molecule has 0 aliphatic carbocycles. The topological polar surface area (TPSA) is 122 Å². The lowest BCUT2D eigenvalue weighted by molar-refractivity contribution is -0.393. The Bertz CT molecular complexity index is 678. The van der Waals surface area contributed by atoms with Crippen LogP contribution in [0.3, 0.4) is 0 Å². The van der Waals surface area contributed by atoms with E-state index in [1.807, 2.05) is 19.0 Å². The number of nitrogens with zero attached hydrogens (tertiary/aromatic N) is 4. The summed E-state index contributed by atoms with van der Waals surface area (Å²) in [6.45, 7) is 2.57. The van der Waals surface area contributed by atoms with E-state index >= 15 is 0 Å². The maximum atomic E-state index is 11.6. The lowest BCUT2D eigenvalue weighted by atomic mass is 10.0. The molecule has 10 heteroatoms. The Labute approximate surface area is 144 Å². The molecule has 0 bridgehead atoms. The Kier molecular flexibility index (Phi) is 5.88. The SMILES string of the molecule is Cc1c(CO)cc([N+](=O)[O-])c(N2CCOC(CN(C)C)C2)c1[N+](=O)[O-]. The number of ether oxygens (including phenoxy) is 1. The van der Waals surface area contributed by atoms with E-state index in [1.54, 1.807) is 4.90 Å². The highest BCUT2D eigenvalue weighted by molar-refractivity contribution is 5.79. The Morgan fingerprint density at radius 3 is 2.56 bits per heavy atom. The Hall–Kier alpha value is -2.30. The van der Waals surface area contributed by atoms with Crippen LogP contribution in [0.15, 0.2) is 6.07 Å². The van der Waals surface area contributed by atoms with Crippen LogP contribution in [0.2, 0.25) is 0 Å². The van der Waals surface area contributed by atoms with Crippen LogP contribution in [0.5, 0.6) is 0 Å². The maximum absolute atomic E-state index is 11.6. The van der Waals surface area contributed by atoms with Gasteiger partial charge in [-0.1, -0.05) is 0 Å². The number of hydrogen-bond donors (Lipinski definition) is 1. The van der Waals surface area contributed by atoms with Gasteiger partial charge in [-0.3, -0.25) is 20.2 Å². The summed E-state index contributed by atoms with van der Waals surface area (Å²) < 4.78 is 5.65. The average Bonchev–Trinajstić information content (AvgIpc) is 2.53. The van der Waals surface area contributed by atoms with Crippen molar-refractivity contribution in [2.75, 3.05) is 45.2 Å². The van der Waals surface area contributed by atoms with Gasteiger partial charge in [-0.15, -0.1) is 0 Å². The molecular formula is C15H22N4O6. The van der Waals surface area contributed by atoms with E-state index in [2.05, 4.69) is 0 Å². The summed E-state index contributed by atoms with van der Waals surface area (Å²) in [6.07, 6.45) is -0.208. The van der Waals surface area contributed by atoms with Crippen molar-refractivity contribution < 1.29 is 19.7 Å². The molecule has 1 heterocycles. The van der Waals surface area contributed by atoms with Gasteiger partial charge >= 0.3 is 5.69 Å². The number of hydrogen-bond acceptors (Lipinski definition) is 8. The number of aliphatic hydroxyl groups is 1. The van der Waals surface area contributed by atoms with Crippen molar-refractivity contribution >= 4 is 17.1 Å². The molecule has 0 spiro atoms. The predicted molar refractivity (Wildman–Crippen MR) is 90.9 cm³/mol. The lowest BCUT2D eigenvalue weighted by Gasteiger charge is -2.35. The summed E-state index contributed by atoms with van der Waals surface area (Å²) in [7, 11) is 3.76. The lowest BCUT2D eigenvalue weighted by Crippen LogP contribution is -2.47. The molecule has 0 radical (unpaired) electrons. The second-order valence-electron chi connectivity index (χ2n) is 6.25. The first-order valence-corrected chi connectivity index (χ1v) is 7.83. The highest BCUT2D eigenvalue weighted by Crippen LogP contribution is 2.42. The quantitative estimate of drug-likeness (QED) is 0.594. The van der Waals surface area contributed by atoms with Crippen molar-refractivity contribution in [3.8, 4) is 0 Å². The molecule has 1 aliphatic heterocycles. The molecular weight excluding hydrogens is 332 g/mol. The molecule has 10 nitrogen and oxygen atoms in total. The van der Waals surface area contributed by atoms with Crippen LogP contribution in [0.1, 0.15) is 11.1 Å². The smallest absolute Gasteiger partial charge is 0.302 e. The molecule has 2 rings (SSSR count). The van der Waals surface area contributed by atoms with E-state index in [-0.39, 0.29) is 34.3 Å². The first-order valence-electron chi connectivity index (χ1n) is 7.83. The minimum atomic E-state index is -0.642. The monoisotopic (exact) mass is 354 g/mol. The van der Waals surface area contributed by atoms with E-state index < -0.39 is 16.5 Å². The van der Waals surface area contributed by atoms with Gasteiger partial charge in [0.05, 0.1) is 29.2 Å². The van der Waals surface area contributed by atoms with Crippen molar-refractivity contribution in [3.05, 3.63) is 37.4 Å². The number of rotatable bonds is 6. The van der Waals surface area contributed by atoms with Crippen molar-refractivity contribution in [2.24, 2.45) is 0 Å². The summed E-state index contributed by atoms with van der Waals surface area (Å²) >= 11 is 0. The van der Waals surface area contributed by atoms with Gasteiger partial charge < -0.3 is 19.6 Å². The summed E-state index contributed by atoms with van der Waals surface area (Å²) in [6, 6.07) is 1.22. The van der Waals surface area contributed by atoms with Crippen molar-refractivity contribution in [1.29, 1.82) is 0 Å². The third-order valence-electron chi connectivity index (χ3n) is 4.19. The molecule has 1 N–H and O–H groups in total. The molecule has 1 aromatic carbocycles. The zero-order valence-electron chi connectivity index (χ0n) is 14.5. The zero-order chi connectivity index (χ0) is 18.7. The minimum absolute atomic E-state index is 0.0169. The number of nitro groups is 2. The van der Waals surface area contributed by atoms with E-state index in [0.717, 1.165) is 0 Å². The molecule has 0 saturated carbocycles. The summed E-state index contributed by atoms with van der Waals surface area (Å²) in [5.74, 6) is 0. The van der Waals surface area contributed by atoms with Gasteiger partial charge in [0.2, 0.25) is 0 Å². The number of nitro benzene ring substituents is 2. The van der Waals surface area contributed by atoms with Crippen molar-refractivity contribution in [2.45, 2.75) is 19.6 Å². The van der Waals surface area contributed by atoms with Crippen LogP contribution in [0, 0.1) is 27.2 Å². The number of anilines is 1. The van der Waals surface area contributed by atoms with Gasteiger partial charge in [-0.2, -0.15) is 0 Å². The number of benzene rings is 1. The molecule has 25 heavy (non-hydrogen) atoms. The van der Waals surface area contributed by atoms with E-state index in [1.165, 1.54) is 13.0 Å². The number of likely N-dealkylation sites (N-methyl/N-ethyl adjacent to an activating group) is 1. The van der Waals surface area contributed by atoms with Gasteiger partial charge in [-0.25, -0.2) is 0 Å². The largest absolute Gasteiger partial charge is 0.392 e. The third-order valence-corrected chi connectivity index (χ3v) is 4.19. The second kappa shape index (κ2) is 7.72. The van der Waals surface area contributed by atoms with Gasteiger partial charge in [-0.05, 0) is 26.6 Å². The highest BCUT2D eigenvalue weighted by atomic mass is 16.6. The van der Waals surface area contributed by atoms with E-state index in [0.29, 0.717) is 26.2 Å². The Morgan fingerprint density at radius 1 is 1.36 bits per heavy atom. The van der Waals surface area contributed by atoms with Crippen LogP contribution in [-0.4, -0.2) is 66.3 Å². The summed E-state index contributed by atoms with van der Waals surface area (Å²) in [5, 5.41) is 32.5. The molecule has 1 unspecified atom stereocenters. The Balaban J connectivity index is 2.56. The molecule has 1 aliphatic rings. The van der Waals surface area contributed by atoms with Gasteiger partial charge in [0.15, 0.2) is 5.69 Å². The second-order valence-corrected chi connectivity index (χ2v) is 6.25. The highest BCUT2D eigenvalue weighted by Gasteiger charge is 2.36. The normalized spacial score (nSPS) is 17.8. The number of morpholine rings is 1. The predicted octanol–water partition coefficient (Wildman–Crippen LogP) is 1.07. The van der Waals surface area contributed by atoms with Crippen LogP contribution in [0.25, 0.3) is 0 Å². The standard InChI is InChI=1S/C15H22N4O6/c1-10-11(9-20)6-13(18(21)22)15(14(10)19(23)24)17-4-5-25-12(8-17)7-16(2)3/h6,12,20H,4-5,7-9H2,1-3H3. The Morgan fingerprint density at radius 2 is 2.04 bits per heavy atom. The van der Waals surface area contributed by atoms with E-state index in [4.69, 9.17) is 4.74 Å². The van der Waals surface area contributed by atoms with Gasteiger partial charge in [0, 0.05) is 31.3 Å². The first-order chi connectivity index (χ1) is 11.8. The van der Waals surface area contributed by atoms with Gasteiger partial charge in [0.25, 0.3) is 5.69 Å². The molecule has 1 aromatic rings. The van der Waals surface area contributed by atoms with E-state index in [9.17, 15) is 25.3 Å². The van der Waals surface area contributed by atoms with Gasteiger partial charge in [0.1, 0.15) is 0 Å². The fourth-order valence-electron chi connectivity index (χ4n) is 3.07. The zero-order valence-corrected chi connectivity index (χ0v) is 14.5. The molecule has 138 valence electrons. The average molecular weight is 354 g/mol. The molecule has 0 aromatic heterocycles. The summed E-state index contributed by atoms with van der Waals surface area (Å²) in [5.41, 5.74) is -0.295. The van der Waals surface area contributed by atoms with Crippen LogP contribution >= 0.6 is 0 Å². The molecule has 1 atom stereocenters. The first kappa shape index (κ1) is 19.0. The fourth-order valence-corrected chi connectivity index (χ4v) is 3.07. The fraction of sp³-hybridized carbons (Fsp3) is 0.600. The number of aliphatic hydroxyl groups excluding tert-OH is 1. The van der Waals surface area contributed by atoms with Crippen LogP contribution < -0.4 is 4.90 Å². The maximum Gasteiger partial charge on any atom is 0.302 e. The molecule has 0 amide bonds.